The maximum Gasteiger partial charge on any atom is 0.0701 e. The van der Waals surface area contributed by atoms with Gasteiger partial charge in [-0.05, 0) is 25.9 Å². The molecule has 1 aliphatic heterocycles. The Morgan fingerprint density at radius 1 is 1.05 bits per heavy atom. The summed E-state index contributed by atoms with van der Waals surface area (Å²) in [6, 6.07) is 0.668. The molecule has 5 heteroatoms. The van der Waals surface area contributed by atoms with E-state index < -0.39 is 0 Å². The second-order valence-electron chi connectivity index (χ2n) is 5.26. The van der Waals surface area contributed by atoms with Crippen LogP contribution >= 0.6 is 0 Å². The van der Waals surface area contributed by atoms with Gasteiger partial charge in [-0.15, -0.1) is 0 Å². The number of rotatable bonds is 12. The summed E-state index contributed by atoms with van der Waals surface area (Å²) in [4.78, 5) is 2.47. The molecule has 0 saturated carbocycles. The van der Waals surface area contributed by atoms with E-state index in [-0.39, 0.29) is 0 Å². The third-order valence-electron chi connectivity index (χ3n) is 3.69. The summed E-state index contributed by atoms with van der Waals surface area (Å²) >= 11 is 0. The monoisotopic (exact) mass is 288 g/mol. The van der Waals surface area contributed by atoms with E-state index in [0.717, 1.165) is 26.2 Å². The Bertz CT molecular complexity index is 211. The van der Waals surface area contributed by atoms with Crippen molar-refractivity contribution in [2.75, 3.05) is 66.3 Å². The number of ether oxygens (including phenoxy) is 3. The lowest BCUT2D eigenvalue weighted by molar-refractivity contribution is 0.0191. The molecule has 0 bridgehead atoms. The highest BCUT2D eigenvalue weighted by Gasteiger charge is 2.15. The number of nitrogens with zero attached hydrogens (tertiary/aromatic N) is 1. The minimum atomic E-state index is 0.647. The van der Waals surface area contributed by atoms with Crippen molar-refractivity contribution in [2.24, 2.45) is 0 Å². The van der Waals surface area contributed by atoms with Crippen molar-refractivity contribution in [1.82, 2.24) is 10.2 Å². The molecular formula is C15H32N2O3. The van der Waals surface area contributed by atoms with E-state index in [4.69, 9.17) is 14.2 Å². The normalized spacial score (nSPS) is 19.6. The molecular weight excluding hydrogens is 256 g/mol. The van der Waals surface area contributed by atoms with Gasteiger partial charge >= 0.3 is 0 Å². The van der Waals surface area contributed by atoms with Crippen molar-refractivity contribution in [2.45, 2.75) is 32.2 Å². The number of hydrogen-bond acceptors (Lipinski definition) is 5. The summed E-state index contributed by atoms with van der Waals surface area (Å²) < 4.78 is 15.9. The first kappa shape index (κ1) is 17.9. The molecule has 1 N–H and O–H groups in total. The molecule has 1 fully saturated rings. The number of methoxy groups -OCH3 is 1. The van der Waals surface area contributed by atoms with Crippen LogP contribution < -0.4 is 5.32 Å². The van der Waals surface area contributed by atoms with Gasteiger partial charge in [-0.3, -0.25) is 4.90 Å². The summed E-state index contributed by atoms with van der Waals surface area (Å²) in [6.45, 7) is 10.0. The zero-order valence-corrected chi connectivity index (χ0v) is 13.2. The lowest BCUT2D eigenvalue weighted by atomic mass is 10.0. The zero-order valence-electron chi connectivity index (χ0n) is 13.2. The summed E-state index contributed by atoms with van der Waals surface area (Å²) in [5, 5.41) is 3.60. The van der Waals surface area contributed by atoms with Gasteiger partial charge in [0.1, 0.15) is 0 Å². The van der Waals surface area contributed by atoms with Gasteiger partial charge in [-0.2, -0.15) is 0 Å². The van der Waals surface area contributed by atoms with Crippen LogP contribution in [0.1, 0.15) is 26.2 Å². The van der Waals surface area contributed by atoms with E-state index in [0.29, 0.717) is 32.5 Å². The molecule has 1 heterocycles. The van der Waals surface area contributed by atoms with Crippen molar-refractivity contribution in [1.29, 1.82) is 0 Å². The summed E-state index contributed by atoms with van der Waals surface area (Å²) in [6.07, 6.45) is 4.00. The fourth-order valence-corrected chi connectivity index (χ4v) is 2.43. The van der Waals surface area contributed by atoms with E-state index in [1.165, 1.54) is 25.8 Å². The molecule has 0 aliphatic carbocycles. The fourth-order valence-electron chi connectivity index (χ4n) is 2.43. The van der Waals surface area contributed by atoms with Gasteiger partial charge in [0.2, 0.25) is 0 Å². The van der Waals surface area contributed by atoms with E-state index in [1.807, 2.05) is 0 Å². The third kappa shape index (κ3) is 8.87. The average Bonchev–Trinajstić information content (AvgIpc) is 2.49. The molecule has 1 rings (SSSR count). The molecule has 0 aromatic rings. The first-order valence-electron chi connectivity index (χ1n) is 7.97. The van der Waals surface area contributed by atoms with Crippen LogP contribution in [0, 0.1) is 0 Å². The maximum absolute atomic E-state index is 5.61. The Morgan fingerprint density at radius 3 is 2.45 bits per heavy atom. The van der Waals surface area contributed by atoms with Crippen molar-refractivity contribution in [3.05, 3.63) is 0 Å². The van der Waals surface area contributed by atoms with Gasteiger partial charge in [0.15, 0.2) is 0 Å². The molecule has 1 unspecified atom stereocenters. The Labute approximate surface area is 123 Å². The molecule has 20 heavy (non-hydrogen) atoms. The Morgan fingerprint density at radius 2 is 1.80 bits per heavy atom. The Kier molecular flexibility index (Phi) is 11.2. The minimum Gasteiger partial charge on any atom is -0.382 e. The maximum atomic E-state index is 5.61. The second-order valence-corrected chi connectivity index (χ2v) is 5.26. The Hall–Kier alpha value is -0.200. The summed E-state index contributed by atoms with van der Waals surface area (Å²) in [5.74, 6) is 0. The largest absolute Gasteiger partial charge is 0.382 e. The molecule has 0 spiro atoms. The van der Waals surface area contributed by atoms with Crippen LogP contribution in [0.5, 0.6) is 0 Å². The average molecular weight is 288 g/mol. The molecule has 1 atom stereocenters. The first-order valence-corrected chi connectivity index (χ1v) is 7.97. The molecule has 120 valence electrons. The van der Waals surface area contributed by atoms with Crippen LogP contribution in [0.15, 0.2) is 0 Å². The van der Waals surface area contributed by atoms with E-state index in [9.17, 15) is 0 Å². The van der Waals surface area contributed by atoms with Gasteiger partial charge < -0.3 is 19.5 Å². The van der Waals surface area contributed by atoms with Gasteiger partial charge in [0, 0.05) is 26.2 Å². The highest BCUT2D eigenvalue weighted by Crippen LogP contribution is 2.08. The van der Waals surface area contributed by atoms with Crippen molar-refractivity contribution in [3.8, 4) is 0 Å². The molecule has 0 aromatic heterocycles. The summed E-state index contributed by atoms with van der Waals surface area (Å²) in [5.41, 5.74) is 0. The number of nitrogens with one attached hydrogen (secondary N) is 1. The molecule has 0 radical (unpaired) electrons. The topological polar surface area (TPSA) is 43.0 Å². The van der Waals surface area contributed by atoms with Crippen molar-refractivity contribution in [3.63, 3.8) is 0 Å². The predicted octanol–water partition coefficient (Wildman–Crippen LogP) is 1.13. The van der Waals surface area contributed by atoms with E-state index in [2.05, 4.69) is 17.1 Å². The molecule has 0 aromatic carbocycles. The second kappa shape index (κ2) is 12.5. The van der Waals surface area contributed by atoms with E-state index >= 15 is 0 Å². The van der Waals surface area contributed by atoms with Gasteiger partial charge in [0.05, 0.1) is 33.0 Å². The predicted molar refractivity (Wildman–Crippen MR) is 81.3 cm³/mol. The van der Waals surface area contributed by atoms with Crippen LogP contribution in [0.3, 0.4) is 0 Å². The molecule has 5 nitrogen and oxygen atoms in total. The van der Waals surface area contributed by atoms with Crippen LogP contribution in [0.2, 0.25) is 0 Å². The highest BCUT2D eigenvalue weighted by molar-refractivity contribution is 4.75. The standard InChI is InChI=1S/C15H32N2O3/c1-3-17(14-15-6-4-5-7-16-15)8-9-19-12-13-20-11-10-18-2/h15-16H,3-14H2,1-2H3. The van der Waals surface area contributed by atoms with Gasteiger partial charge in [-0.25, -0.2) is 0 Å². The first-order chi connectivity index (χ1) is 9.86. The fraction of sp³-hybridized carbons (Fsp3) is 1.00. The minimum absolute atomic E-state index is 0.647. The van der Waals surface area contributed by atoms with E-state index in [1.54, 1.807) is 7.11 Å². The lowest BCUT2D eigenvalue weighted by Gasteiger charge is -2.29. The summed E-state index contributed by atoms with van der Waals surface area (Å²) in [7, 11) is 1.68. The van der Waals surface area contributed by atoms with Crippen LogP contribution in [0.25, 0.3) is 0 Å². The smallest absolute Gasteiger partial charge is 0.0701 e. The van der Waals surface area contributed by atoms with Crippen molar-refractivity contribution >= 4 is 0 Å². The third-order valence-corrected chi connectivity index (χ3v) is 3.69. The molecule has 1 aliphatic rings. The Balaban J connectivity index is 1.94. The number of piperidine rings is 1. The highest BCUT2D eigenvalue weighted by atomic mass is 16.5. The van der Waals surface area contributed by atoms with Crippen LogP contribution in [-0.4, -0.2) is 77.3 Å². The van der Waals surface area contributed by atoms with Gasteiger partial charge in [0.25, 0.3) is 0 Å². The van der Waals surface area contributed by atoms with Crippen molar-refractivity contribution < 1.29 is 14.2 Å². The van der Waals surface area contributed by atoms with Gasteiger partial charge in [-0.1, -0.05) is 13.3 Å². The quantitative estimate of drug-likeness (QED) is 0.545. The SMILES string of the molecule is CCN(CCOCCOCCOC)CC1CCCCN1. The molecule has 0 amide bonds. The number of likely N-dealkylation sites (N-methyl/N-ethyl adjacent to an activating group) is 1. The molecule has 1 saturated heterocycles. The zero-order chi connectivity index (χ0) is 14.5. The lowest BCUT2D eigenvalue weighted by Crippen LogP contribution is -2.44. The van der Waals surface area contributed by atoms with Crippen LogP contribution in [-0.2, 0) is 14.2 Å². The van der Waals surface area contributed by atoms with Crippen LogP contribution in [0.4, 0.5) is 0 Å². The number of hydrogen-bond donors (Lipinski definition) is 1.